The fraction of sp³-hybridized carbons (Fsp3) is 0.111. The molecule has 2 heteroatoms. The second-order valence-corrected chi connectivity index (χ2v) is 4.93. The van der Waals surface area contributed by atoms with Crippen molar-refractivity contribution in [1.82, 2.24) is 0 Å². The van der Waals surface area contributed by atoms with Gasteiger partial charge in [0.15, 0.2) is 0 Å². The van der Waals surface area contributed by atoms with Crippen LogP contribution in [0.15, 0.2) is 60.7 Å². The van der Waals surface area contributed by atoms with Gasteiger partial charge in [-0.25, -0.2) is 0 Å². The Labute approximate surface area is 120 Å². The minimum atomic E-state index is 0.850. The van der Waals surface area contributed by atoms with Crippen LogP contribution in [0.3, 0.4) is 0 Å². The minimum absolute atomic E-state index is 0.850. The van der Waals surface area contributed by atoms with Crippen molar-refractivity contribution in [2.24, 2.45) is 0 Å². The summed E-state index contributed by atoms with van der Waals surface area (Å²) in [6.07, 6.45) is 0. The zero-order valence-corrected chi connectivity index (χ0v) is 11.9. The van der Waals surface area contributed by atoms with Gasteiger partial charge in [-0.15, -0.1) is 0 Å². The van der Waals surface area contributed by atoms with Crippen molar-refractivity contribution in [3.8, 4) is 0 Å². The molecule has 0 aliphatic heterocycles. The Morgan fingerprint density at radius 1 is 0.700 bits per heavy atom. The molecular weight excluding hydrogens is 244 g/mol. The third-order valence-corrected chi connectivity index (χ3v) is 3.26. The molecular formula is C18H20N2. The molecule has 0 amide bonds. The van der Waals surface area contributed by atoms with Gasteiger partial charge in [-0.1, -0.05) is 48.5 Å². The summed E-state index contributed by atoms with van der Waals surface area (Å²) in [6.45, 7) is 4.05. The minimum Gasteiger partial charge on any atom is -0.399 e. The average molecular weight is 264 g/mol. The van der Waals surface area contributed by atoms with Crippen molar-refractivity contribution in [2.45, 2.75) is 13.8 Å². The fourth-order valence-corrected chi connectivity index (χ4v) is 2.01. The normalized spacial score (nSPS) is 9.90. The van der Waals surface area contributed by atoms with Gasteiger partial charge in [-0.3, -0.25) is 0 Å². The van der Waals surface area contributed by atoms with Crippen LogP contribution in [0.1, 0.15) is 11.1 Å². The molecule has 0 atom stereocenters. The molecule has 20 heavy (non-hydrogen) atoms. The van der Waals surface area contributed by atoms with Crippen LogP contribution in [-0.2, 0) is 0 Å². The SMILES string of the molecule is Cc1ccc(C)c(N)c1.Nc1cccc2ccccc12. The highest BCUT2D eigenvalue weighted by atomic mass is 14.6. The molecule has 0 aliphatic carbocycles. The number of hydrogen-bond acceptors (Lipinski definition) is 2. The van der Waals surface area contributed by atoms with Gasteiger partial charge >= 0.3 is 0 Å². The number of anilines is 2. The van der Waals surface area contributed by atoms with Crippen LogP contribution in [0.25, 0.3) is 10.8 Å². The Morgan fingerprint density at radius 3 is 2.05 bits per heavy atom. The first kappa shape index (κ1) is 13.9. The summed E-state index contributed by atoms with van der Waals surface area (Å²) in [6, 6.07) is 20.1. The molecule has 0 heterocycles. The van der Waals surface area contributed by atoms with Crippen molar-refractivity contribution >= 4 is 22.1 Å². The van der Waals surface area contributed by atoms with Gasteiger partial charge in [0.1, 0.15) is 0 Å². The van der Waals surface area contributed by atoms with E-state index in [1.807, 2.05) is 56.3 Å². The molecule has 0 saturated carbocycles. The molecule has 102 valence electrons. The number of nitrogens with two attached hydrogens (primary N) is 2. The zero-order valence-electron chi connectivity index (χ0n) is 11.9. The topological polar surface area (TPSA) is 52.0 Å². The van der Waals surface area contributed by atoms with Crippen molar-refractivity contribution in [1.29, 1.82) is 0 Å². The summed E-state index contributed by atoms with van der Waals surface area (Å²) in [4.78, 5) is 0. The van der Waals surface area contributed by atoms with E-state index < -0.39 is 0 Å². The molecule has 0 saturated heterocycles. The second-order valence-electron chi connectivity index (χ2n) is 4.93. The summed E-state index contributed by atoms with van der Waals surface area (Å²) >= 11 is 0. The number of hydrogen-bond donors (Lipinski definition) is 2. The van der Waals surface area contributed by atoms with Crippen molar-refractivity contribution in [2.75, 3.05) is 11.5 Å². The van der Waals surface area contributed by atoms with Gasteiger partial charge in [0.05, 0.1) is 0 Å². The maximum atomic E-state index is 5.76. The summed E-state index contributed by atoms with van der Waals surface area (Å²) in [5, 5.41) is 2.34. The van der Waals surface area contributed by atoms with Crippen molar-refractivity contribution in [3.63, 3.8) is 0 Å². The van der Waals surface area contributed by atoms with Gasteiger partial charge < -0.3 is 11.5 Å². The Hall–Kier alpha value is -2.48. The van der Waals surface area contributed by atoms with Crippen molar-refractivity contribution in [3.05, 3.63) is 71.8 Å². The number of aryl methyl sites for hydroxylation is 2. The van der Waals surface area contributed by atoms with Crippen molar-refractivity contribution < 1.29 is 0 Å². The van der Waals surface area contributed by atoms with Crippen LogP contribution in [0, 0.1) is 13.8 Å². The van der Waals surface area contributed by atoms with Crippen LogP contribution < -0.4 is 11.5 Å². The molecule has 3 aromatic rings. The predicted octanol–water partition coefficient (Wildman–Crippen LogP) is 4.31. The molecule has 0 radical (unpaired) electrons. The number of rotatable bonds is 0. The molecule has 3 aromatic carbocycles. The summed E-state index contributed by atoms with van der Waals surface area (Å²) < 4.78 is 0. The van der Waals surface area contributed by atoms with E-state index in [1.165, 1.54) is 10.9 Å². The van der Waals surface area contributed by atoms with Crippen LogP contribution in [0.4, 0.5) is 11.4 Å². The van der Waals surface area contributed by atoms with E-state index >= 15 is 0 Å². The number of benzene rings is 3. The molecule has 4 N–H and O–H groups in total. The Balaban J connectivity index is 0.000000151. The standard InChI is InChI=1S/C10H9N.C8H11N/c11-10-7-3-5-8-4-1-2-6-9(8)10;1-6-3-4-7(2)8(9)5-6/h1-7H,11H2;3-5H,9H2,1-2H3. The first-order valence-corrected chi connectivity index (χ1v) is 6.64. The monoisotopic (exact) mass is 264 g/mol. The lowest BCUT2D eigenvalue weighted by atomic mass is 10.1. The Bertz CT molecular complexity index is 712. The predicted molar refractivity (Wildman–Crippen MR) is 88.7 cm³/mol. The summed E-state index contributed by atoms with van der Waals surface area (Å²) in [5.41, 5.74) is 15.5. The molecule has 2 nitrogen and oxygen atoms in total. The molecule has 0 aromatic heterocycles. The van der Waals surface area contributed by atoms with E-state index in [9.17, 15) is 0 Å². The first-order valence-electron chi connectivity index (χ1n) is 6.64. The van der Waals surface area contributed by atoms with Crippen LogP contribution in [0.5, 0.6) is 0 Å². The fourth-order valence-electron chi connectivity index (χ4n) is 2.01. The zero-order chi connectivity index (χ0) is 14.5. The first-order chi connectivity index (χ1) is 9.58. The largest absolute Gasteiger partial charge is 0.399 e. The second kappa shape index (κ2) is 6.11. The van der Waals surface area contributed by atoms with Gasteiger partial charge in [0, 0.05) is 16.8 Å². The maximum Gasteiger partial charge on any atom is 0.0393 e. The van der Waals surface area contributed by atoms with Crippen LogP contribution in [0.2, 0.25) is 0 Å². The van der Waals surface area contributed by atoms with E-state index in [4.69, 9.17) is 11.5 Å². The summed E-state index contributed by atoms with van der Waals surface area (Å²) in [7, 11) is 0. The highest BCUT2D eigenvalue weighted by Crippen LogP contribution is 2.19. The van der Waals surface area contributed by atoms with Gasteiger partial charge in [-0.2, -0.15) is 0 Å². The molecule has 0 unspecified atom stereocenters. The molecule has 0 spiro atoms. The lowest BCUT2D eigenvalue weighted by molar-refractivity contribution is 1.40. The molecule has 0 bridgehead atoms. The average Bonchev–Trinajstić information content (AvgIpc) is 2.45. The third-order valence-electron chi connectivity index (χ3n) is 3.26. The highest BCUT2D eigenvalue weighted by molar-refractivity contribution is 5.92. The molecule has 0 aliphatic rings. The van der Waals surface area contributed by atoms with E-state index in [2.05, 4.69) is 18.2 Å². The van der Waals surface area contributed by atoms with Crippen LogP contribution in [-0.4, -0.2) is 0 Å². The lowest BCUT2D eigenvalue weighted by Gasteiger charge is -1.98. The maximum absolute atomic E-state index is 5.76. The summed E-state index contributed by atoms with van der Waals surface area (Å²) in [5.74, 6) is 0. The highest BCUT2D eigenvalue weighted by Gasteiger charge is 1.92. The Morgan fingerprint density at radius 2 is 1.40 bits per heavy atom. The van der Waals surface area contributed by atoms with E-state index in [0.29, 0.717) is 0 Å². The van der Waals surface area contributed by atoms with Crippen LogP contribution >= 0.6 is 0 Å². The van der Waals surface area contributed by atoms with Gasteiger partial charge in [0.25, 0.3) is 0 Å². The smallest absolute Gasteiger partial charge is 0.0393 e. The van der Waals surface area contributed by atoms with Gasteiger partial charge in [0.2, 0.25) is 0 Å². The number of nitrogen functional groups attached to an aromatic ring is 2. The molecule has 3 rings (SSSR count). The quantitative estimate of drug-likeness (QED) is 0.594. The van der Waals surface area contributed by atoms with E-state index in [-0.39, 0.29) is 0 Å². The number of fused-ring (bicyclic) bond motifs is 1. The lowest BCUT2D eigenvalue weighted by Crippen LogP contribution is -1.88. The Kier molecular flexibility index (Phi) is 4.26. The van der Waals surface area contributed by atoms with E-state index in [1.54, 1.807) is 0 Å². The van der Waals surface area contributed by atoms with Gasteiger partial charge in [-0.05, 0) is 42.5 Å². The van der Waals surface area contributed by atoms with E-state index in [0.717, 1.165) is 22.3 Å². The third kappa shape index (κ3) is 3.29. The molecule has 0 fully saturated rings.